The molecule has 0 saturated heterocycles. The van der Waals surface area contributed by atoms with E-state index in [0.29, 0.717) is 25.3 Å². The summed E-state index contributed by atoms with van der Waals surface area (Å²) in [7, 11) is -0.506. The van der Waals surface area contributed by atoms with Gasteiger partial charge in [0.25, 0.3) is 0 Å². The number of aliphatic hydroxyl groups is 1. The van der Waals surface area contributed by atoms with Gasteiger partial charge in [-0.25, -0.2) is 8.42 Å². The van der Waals surface area contributed by atoms with Gasteiger partial charge < -0.3 is 25.4 Å². The molecule has 2 amide bonds. The molecule has 238 valence electrons. The van der Waals surface area contributed by atoms with E-state index in [9.17, 15) is 23.1 Å². The Morgan fingerprint density at radius 1 is 1.05 bits per heavy atom. The molecule has 2 aromatic rings. The van der Waals surface area contributed by atoms with Crippen LogP contribution in [0.15, 0.2) is 53.4 Å². The summed E-state index contributed by atoms with van der Waals surface area (Å²) in [4.78, 5) is 26.9. The van der Waals surface area contributed by atoms with E-state index in [1.807, 2.05) is 72.1 Å². The van der Waals surface area contributed by atoms with E-state index >= 15 is 0 Å². The predicted molar refractivity (Wildman–Crippen MR) is 167 cm³/mol. The summed E-state index contributed by atoms with van der Waals surface area (Å²) in [5.74, 6) is 0.238. The second kappa shape index (κ2) is 14.7. The smallest absolute Gasteiger partial charge is 0.245 e. The van der Waals surface area contributed by atoms with Crippen molar-refractivity contribution in [1.82, 2.24) is 19.8 Å². The van der Waals surface area contributed by atoms with Crippen LogP contribution in [0.3, 0.4) is 0 Å². The number of sulfonamides is 1. The van der Waals surface area contributed by atoms with Crippen molar-refractivity contribution in [3.63, 3.8) is 0 Å². The Hall–Kier alpha value is -2.99. The second-order valence-electron chi connectivity index (χ2n) is 12.9. The molecule has 0 aliphatic carbocycles. The molecule has 1 heterocycles. The molecular formula is C32H48N4O6S. The van der Waals surface area contributed by atoms with Crippen LogP contribution in [-0.2, 0) is 32.5 Å². The maximum Gasteiger partial charge on any atom is 0.245 e. The van der Waals surface area contributed by atoms with Gasteiger partial charge in [0.05, 0.1) is 18.0 Å². The van der Waals surface area contributed by atoms with Crippen LogP contribution < -0.4 is 15.4 Å². The van der Waals surface area contributed by atoms with Crippen LogP contribution in [0.2, 0.25) is 0 Å². The van der Waals surface area contributed by atoms with Crippen LogP contribution in [-0.4, -0.2) is 87.2 Å². The summed E-state index contributed by atoms with van der Waals surface area (Å²) in [5, 5.41) is 18.0. The van der Waals surface area contributed by atoms with Crippen molar-refractivity contribution in [3.8, 4) is 5.75 Å². The number of likely N-dealkylation sites (N-methyl/N-ethyl adjacent to an activating group) is 1. The van der Waals surface area contributed by atoms with Crippen molar-refractivity contribution >= 4 is 21.8 Å². The van der Waals surface area contributed by atoms with Crippen LogP contribution >= 0.6 is 0 Å². The number of nitrogens with one attached hydrogen (secondary N) is 2. The number of nitrogens with zero attached hydrogens (tertiary/aromatic N) is 2. The quantitative estimate of drug-likeness (QED) is 0.248. The zero-order valence-electron chi connectivity index (χ0n) is 26.4. The first-order valence-electron chi connectivity index (χ1n) is 14.8. The van der Waals surface area contributed by atoms with E-state index < -0.39 is 21.2 Å². The Morgan fingerprint density at radius 2 is 1.74 bits per heavy atom. The molecule has 11 heteroatoms. The normalized spacial score (nSPS) is 14.8. The molecule has 10 nitrogen and oxygen atoms in total. The average Bonchev–Trinajstić information content (AvgIpc) is 3.38. The Kier molecular flexibility index (Phi) is 11.8. The molecule has 0 fully saturated rings. The van der Waals surface area contributed by atoms with E-state index in [1.165, 1.54) is 10.4 Å². The highest BCUT2D eigenvalue weighted by atomic mass is 32.2. The van der Waals surface area contributed by atoms with Gasteiger partial charge in [-0.1, -0.05) is 58.0 Å². The highest BCUT2D eigenvalue weighted by Gasteiger charge is 2.43. The summed E-state index contributed by atoms with van der Waals surface area (Å²) >= 11 is 0. The Balaban J connectivity index is 1.80. The maximum atomic E-state index is 14.2. The summed E-state index contributed by atoms with van der Waals surface area (Å²) < 4.78 is 35.1. The number of amides is 2. The lowest BCUT2D eigenvalue weighted by Crippen LogP contribution is -2.56. The lowest BCUT2D eigenvalue weighted by Gasteiger charge is -2.40. The fraction of sp³-hybridized carbons (Fsp3) is 0.562. The number of carbonyl (C=O) groups excluding carboxylic acids is 2. The van der Waals surface area contributed by atoms with Crippen molar-refractivity contribution in [3.05, 3.63) is 59.7 Å². The SMILES string of the molecule is CC(C)CN(C(O)(CCNC(=O)CC(C)(C)CNC(=O)CN(C)C)Cc1ccccc1)S(=O)(=O)c1ccc2c(c1)CCO2. The van der Waals surface area contributed by atoms with E-state index in [4.69, 9.17) is 4.74 Å². The zero-order valence-corrected chi connectivity index (χ0v) is 27.2. The summed E-state index contributed by atoms with van der Waals surface area (Å²) in [6, 6.07) is 14.1. The number of fused-ring (bicyclic) bond motifs is 1. The van der Waals surface area contributed by atoms with Crippen molar-refractivity contribution < 1.29 is 27.9 Å². The molecular weight excluding hydrogens is 568 g/mol. The van der Waals surface area contributed by atoms with Crippen molar-refractivity contribution in [2.75, 3.05) is 46.9 Å². The molecule has 0 spiro atoms. The minimum Gasteiger partial charge on any atom is -0.493 e. The Labute approximate surface area is 256 Å². The monoisotopic (exact) mass is 616 g/mol. The minimum absolute atomic E-state index is 0.0202. The van der Waals surface area contributed by atoms with Gasteiger partial charge in [-0.15, -0.1) is 0 Å². The van der Waals surface area contributed by atoms with Crippen molar-refractivity contribution in [1.29, 1.82) is 0 Å². The number of hydrogen-bond donors (Lipinski definition) is 3. The molecule has 0 saturated carbocycles. The lowest BCUT2D eigenvalue weighted by atomic mass is 9.88. The molecule has 0 aromatic heterocycles. The Morgan fingerprint density at radius 3 is 2.40 bits per heavy atom. The number of rotatable bonds is 16. The standard InChI is InChI=1S/C32H48N4O6S/c1-24(2)21-36(43(40,41)27-12-13-28-26(18-27)14-17-42-28)32(39,19-25-10-8-7-9-11-25)15-16-33-29(37)20-31(3,4)23-34-30(38)22-35(5)6/h7-13,18,24,39H,14-17,19-23H2,1-6H3,(H,33,37)(H,34,38). The topological polar surface area (TPSA) is 128 Å². The van der Waals surface area contributed by atoms with E-state index in [1.54, 1.807) is 17.0 Å². The first kappa shape index (κ1) is 34.5. The van der Waals surface area contributed by atoms with Crippen LogP contribution in [0.1, 0.15) is 51.7 Å². The third-order valence-electron chi connectivity index (χ3n) is 7.28. The molecule has 1 atom stereocenters. The van der Waals surface area contributed by atoms with Crippen LogP contribution in [0.25, 0.3) is 0 Å². The number of hydrogen-bond acceptors (Lipinski definition) is 7. The average molecular weight is 617 g/mol. The van der Waals surface area contributed by atoms with E-state index in [-0.39, 0.29) is 61.5 Å². The molecule has 1 unspecified atom stereocenters. The van der Waals surface area contributed by atoms with E-state index in [2.05, 4.69) is 10.6 Å². The Bertz CT molecular complexity index is 1350. The summed E-state index contributed by atoms with van der Waals surface area (Å²) in [6.45, 7) is 8.85. The van der Waals surface area contributed by atoms with Gasteiger partial charge in [-0.3, -0.25) is 9.59 Å². The molecule has 1 aliphatic heterocycles. The molecule has 3 rings (SSSR count). The number of benzene rings is 2. The van der Waals surface area contributed by atoms with Crippen molar-refractivity contribution in [2.24, 2.45) is 11.3 Å². The van der Waals surface area contributed by atoms with Gasteiger partial charge in [-0.2, -0.15) is 4.31 Å². The van der Waals surface area contributed by atoms with Crippen LogP contribution in [0.4, 0.5) is 0 Å². The molecule has 2 aromatic carbocycles. The first-order valence-corrected chi connectivity index (χ1v) is 16.3. The summed E-state index contributed by atoms with van der Waals surface area (Å²) in [6.07, 6.45) is 0.803. The van der Waals surface area contributed by atoms with Crippen LogP contribution in [0.5, 0.6) is 5.75 Å². The largest absolute Gasteiger partial charge is 0.493 e. The minimum atomic E-state index is -4.13. The van der Waals surface area contributed by atoms with E-state index in [0.717, 1.165) is 11.1 Å². The molecule has 0 bridgehead atoms. The lowest BCUT2D eigenvalue weighted by molar-refractivity contribution is -0.125. The third kappa shape index (κ3) is 10.0. The number of carbonyl (C=O) groups is 2. The third-order valence-corrected chi connectivity index (χ3v) is 9.20. The molecule has 0 radical (unpaired) electrons. The van der Waals surface area contributed by atoms with Crippen LogP contribution in [0, 0.1) is 11.3 Å². The van der Waals surface area contributed by atoms with Gasteiger partial charge in [-0.05, 0) is 54.8 Å². The van der Waals surface area contributed by atoms with Gasteiger partial charge in [0.15, 0.2) is 0 Å². The molecule has 43 heavy (non-hydrogen) atoms. The van der Waals surface area contributed by atoms with Crippen molar-refractivity contribution in [2.45, 2.75) is 64.0 Å². The highest BCUT2D eigenvalue weighted by Crippen LogP contribution is 2.33. The number of ether oxygens (including phenoxy) is 1. The molecule has 3 N–H and O–H groups in total. The van der Waals surface area contributed by atoms with Gasteiger partial charge in [0.2, 0.25) is 21.8 Å². The zero-order chi connectivity index (χ0) is 31.8. The van der Waals surface area contributed by atoms with Gasteiger partial charge in [0, 0.05) is 45.3 Å². The predicted octanol–water partition coefficient (Wildman–Crippen LogP) is 2.80. The fourth-order valence-corrected chi connectivity index (χ4v) is 7.02. The highest BCUT2D eigenvalue weighted by molar-refractivity contribution is 7.89. The maximum absolute atomic E-state index is 14.2. The molecule has 1 aliphatic rings. The van der Waals surface area contributed by atoms with Gasteiger partial charge >= 0.3 is 0 Å². The second-order valence-corrected chi connectivity index (χ2v) is 14.8. The first-order chi connectivity index (χ1) is 20.1. The van der Waals surface area contributed by atoms with Gasteiger partial charge in [0.1, 0.15) is 11.5 Å². The summed E-state index contributed by atoms with van der Waals surface area (Å²) in [5.41, 5.74) is -0.721. The fourth-order valence-electron chi connectivity index (χ4n) is 5.14.